The van der Waals surface area contributed by atoms with Crippen molar-refractivity contribution in [2.75, 3.05) is 5.32 Å². The third-order valence-electron chi connectivity index (χ3n) is 4.98. The number of aryl methyl sites for hydroxylation is 2. The fourth-order valence-corrected chi connectivity index (χ4v) is 3.62. The second kappa shape index (κ2) is 9.03. The number of benzene rings is 3. The fourth-order valence-electron chi connectivity index (χ4n) is 3.39. The molecule has 0 aliphatic rings. The van der Waals surface area contributed by atoms with Crippen molar-refractivity contribution < 1.29 is 0 Å². The Kier molecular flexibility index (Phi) is 6.48. The highest BCUT2D eigenvalue weighted by Crippen LogP contribution is 2.26. The van der Waals surface area contributed by atoms with Gasteiger partial charge in [-0.1, -0.05) is 80.1 Å². The minimum Gasteiger partial charge on any atom is -0.352 e. The maximum absolute atomic E-state index is 5.64. The lowest BCUT2D eigenvalue weighted by molar-refractivity contribution is 0.762. The van der Waals surface area contributed by atoms with Crippen LogP contribution >= 0.6 is 12.2 Å². The molecule has 3 heteroatoms. The molecular formula is C25H28N2S. The van der Waals surface area contributed by atoms with Crippen molar-refractivity contribution >= 4 is 23.0 Å². The zero-order chi connectivity index (χ0) is 20.1. The highest BCUT2D eigenvalue weighted by molar-refractivity contribution is 7.80. The Morgan fingerprint density at radius 3 is 2.11 bits per heavy atom. The molecule has 28 heavy (non-hydrogen) atoms. The average molecular weight is 389 g/mol. The van der Waals surface area contributed by atoms with E-state index in [9.17, 15) is 0 Å². The molecule has 3 rings (SSSR count). The van der Waals surface area contributed by atoms with Crippen molar-refractivity contribution in [3.8, 4) is 0 Å². The maximum Gasteiger partial charge on any atom is 0.171 e. The van der Waals surface area contributed by atoms with E-state index in [4.69, 9.17) is 12.2 Å². The second-order valence-corrected chi connectivity index (χ2v) is 7.99. The lowest BCUT2D eigenvalue weighted by Crippen LogP contribution is -2.33. The van der Waals surface area contributed by atoms with Gasteiger partial charge in [0, 0.05) is 5.69 Å². The third kappa shape index (κ3) is 4.99. The predicted octanol–water partition coefficient (Wildman–Crippen LogP) is 6.50. The van der Waals surface area contributed by atoms with Crippen LogP contribution in [0.2, 0.25) is 0 Å². The molecule has 0 bridgehead atoms. The van der Waals surface area contributed by atoms with Crippen LogP contribution in [0.3, 0.4) is 0 Å². The van der Waals surface area contributed by atoms with Crippen LogP contribution in [0.1, 0.15) is 53.6 Å². The van der Waals surface area contributed by atoms with Crippen molar-refractivity contribution in [3.05, 3.63) is 101 Å². The molecule has 0 aliphatic carbocycles. The number of nitrogens with one attached hydrogen (secondary N) is 2. The first-order valence-electron chi connectivity index (χ1n) is 9.73. The van der Waals surface area contributed by atoms with E-state index in [2.05, 4.69) is 105 Å². The largest absolute Gasteiger partial charge is 0.352 e. The Labute approximate surface area is 174 Å². The van der Waals surface area contributed by atoms with Gasteiger partial charge in [-0.2, -0.15) is 0 Å². The van der Waals surface area contributed by atoms with E-state index in [-0.39, 0.29) is 6.04 Å². The number of thiocarbonyl (C=S) groups is 1. The molecule has 0 saturated heterocycles. The number of anilines is 1. The zero-order valence-corrected chi connectivity index (χ0v) is 17.8. The number of hydrogen-bond acceptors (Lipinski definition) is 1. The van der Waals surface area contributed by atoms with Gasteiger partial charge in [0.15, 0.2) is 5.11 Å². The van der Waals surface area contributed by atoms with Gasteiger partial charge in [-0.25, -0.2) is 0 Å². The van der Waals surface area contributed by atoms with Gasteiger partial charge in [0.1, 0.15) is 0 Å². The predicted molar refractivity (Wildman–Crippen MR) is 124 cm³/mol. The molecule has 0 fully saturated rings. The van der Waals surface area contributed by atoms with Crippen LogP contribution < -0.4 is 10.6 Å². The summed E-state index contributed by atoms with van der Waals surface area (Å²) in [5.74, 6) is 0.520. The summed E-state index contributed by atoms with van der Waals surface area (Å²) >= 11 is 5.64. The summed E-state index contributed by atoms with van der Waals surface area (Å²) in [6, 6.07) is 25.5. The lowest BCUT2D eigenvalue weighted by atomic mass is 9.94. The van der Waals surface area contributed by atoms with Crippen LogP contribution in [0, 0.1) is 13.8 Å². The van der Waals surface area contributed by atoms with Crippen LogP contribution in [0.5, 0.6) is 0 Å². The summed E-state index contributed by atoms with van der Waals surface area (Å²) in [5.41, 5.74) is 7.26. The monoisotopic (exact) mass is 388 g/mol. The number of hydrogen-bond donors (Lipinski definition) is 2. The molecule has 0 saturated carbocycles. The van der Waals surface area contributed by atoms with Crippen LogP contribution in [0.15, 0.2) is 72.8 Å². The van der Waals surface area contributed by atoms with Crippen LogP contribution in [-0.4, -0.2) is 5.11 Å². The van der Waals surface area contributed by atoms with Gasteiger partial charge in [0.25, 0.3) is 0 Å². The van der Waals surface area contributed by atoms with Gasteiger partial charge in [0.05, 0.1) is 6.04 Å². The topological polar surface area (TPSA) is 24.1 Å². The van der Waals surface area contributed by atoms with E-state index < -0.39 is 0 Å². The molecule has 0 aliphatic heterocycles. The normalized spacial score (nSPS) is 11.9. The van der Waals surface area contributed by atoms with Gasteiger partial charge < -0.3 is 10.6 Å². The quantitative estimate of drug-likeness (QED) is 0.488. The van der Waals surface area contributed by atoms with E-state index in [0.29, 0.717) is 11.0 Å². The minimum absolute atomic E-state index is 0.00302. The van der Waals surface area contributed by atoms with Crippen LogP contribution in [-0.2, 0) is 0 Å². The van der Waals surface area contributed by atoms with Crippen molar-refractivity contribution in [2.45, 2.75) is 39.7 Å². The molecule has 3 aromatic rings. The summed E-state index contributed by atoms with van der Waals surface area (Å²) in [5, 5.41) is 7.46. The van der Waals surface area contributed by atoms with Crippen molar-refractivity contribution in [3.63, 3.8) is 0 Å². The SMILES string of the molecule is Cc1ccc([C@@H](NC(=S)Nc2ccc(C(C)C)cc2)c2ccccc2)c(C)c1. The molecule has 2 N–H and O–H groups in total. The van der Waals surface area contributed by atoms with Gasteiger partial charge in [-0.3, -0.25) is 0 Å². The smallest absolute Gasteiger partial charge is 0.171 e. The van der Waals surface area contributed by atoms with E-state index in [1.165, 1.54) is 27.8 Å². The Bertz CT molecular complexity index is 931. The average Bonchev–Trinajstić information content (AvgIpc) is 2.68. The van der Waals surface area contributed by atoms with Gasteiger partial charge in [-0.05, 0) is 66.4 Å². The molecular weight excluding hydrogens is 360 g/mol. The Morgan fingerprint density at radius 2 is 1.50 bits per heavy atom. The lowest BCUT2D eigenvalue weighted by Gasteiger charge is -2.24. The van der Waals surface area contributed by atoms with Gasteiger partial charge in [-0.15, -0.1) is 0 Å². The Morgan fingerprint density at radius 1 is 0.821 bits per heavy atom. The van der Waals surface area contributed by atoms with E-state index in [1.807, 2.05) is 6.07 Å². The second-order valence-electron chi connectivity index (χ2n) is 7.58. The minimum atomic E-state index is -0.00302. The van der Waals surface area contributed by atoms with Crippen LogP contribution in [0.25, 0.3) is 0 Å². The zero-order valence-electron chi connectivity index (χ0n) is 17.0. The third-order valence-corrected chi connectivity index (χ3v) is 5.20. The summed E-state index contributed by atoms with van der Waals surface area (Å²) in [4.78, 5) is 0. The van der Waals surface area contributed by atoms with Crippen LogP contribution in [0.4, 0.5) is 5.69 Å². The highest BCUT2D eigenvalue weighted by atomic mass is 32.1. The molecule has 2 nitrogen and oxygen atoms in total. The fraction of sp³-hybridized carbons (Fsp3) is 0.240. The summed E-state index contributed by atoms with van der Waals surface area (Å²) in [7, 11) is 0. The molecule has 0 radical (unpaired) electrons. The van der Waals surface area contributed by atoms with Gasteiger partial charge >= 0.3 is 0 Å². The summed E-state index contributed by atoms with van der Waals surface area (Å²) in [6.07, 6.45) is 0. The molecule has 0 heterocycles. The first-order chi connectivity index (χ1) is 13.4. The van der Waals surface area contributed by atoms with E-state index >= 15 is 0 Å². The first-order valence-corrected chi connectivity index (χ1v) is 10.1. The molecule has 1 atom stereocenters. The molecule has 144 valence electrons. The molecule has 0 aromatic heterocycles. The Balaban J connectivity index is 1.82. The molecule has 0 amide bonds. The first kappa shape index (κ1) is 20.1. The Hall–Kier alpha value is -2.65. The maximum atomic E-state index is 5.64. The van der Waals surface area contributed by atoms with Crippen molar-refractivity contribution in [1.82, 2.24) is 5.32 Å². The molecule has 0 unspecified atom stereocenters. The highest BCUT2D eigenvalue weighted by Gasteiger charge is 2.17. The summed E-state index contributed by atoms with van der Waals surface area (Å²) < 4.78 is 0. The standard InChI is InChI=1S/C25H28N2S/c1-17(2)20-11-13-22(14-12-20)26-25(28)27-24(21-8-6-5-7-9-21)23-15-10-18(3)16-19(23)4/h5-17,24H,1-4H3,(H2,26,27,28)/t24-/m0/s1. The van der Waals surface area contributed by atoms with Gasteiger partial charge in [0.2, 0.25) is 0 Å². The number of rotatable bonds is 5. The molecule has 3 aromatic carbocycles. The van der Waals surface area contributed by atoms with Crippen molar-refractivity contribution in [1.29, 1.82) is 0 Å². The van der Waals surface area contributed by atoms with Crippen molar-refractivity contribution in [2.24, 2.45) is 0 Å². The van der Waals surface area contributed by atoms with E-state index in [0.717, 1.165) is 5.69 Å². The van der Waals surface area contributed by atoms with E-state index in [1.54, 1.807) is 0 Å². The summed E-state index contributed by atoms with van der Waals surface area (Å²) in [6.45, 7) is 8.67. The molecule has 0 spiro atoms.